The number of urea groups is 1. The minimum absolute atomic E-state index is 0.0514. The fourth-order valence-electron chi connectivity index (χ4n) is 3.54. The average Bonchev–Trinajstić information content (AvgIpc) is 2.54. The first-order valence-electron chi connectivity index (χ1n) is 8.77. The van der Waals surface area contributed by atoms with Crippen molar-refractivity contribution in [2.45, 2.75) is 45.1 Å². The summed E-state index contributed by atoms with van der Waals surface area (Å²) in [5, 5.41) is 5.78. The molecule has 1 saturated carbocycles. The van der Waals surface area contributed by atoms with Crippen molar-refractivity contribution in [1.29, 1.82) is 0 Å². The number of hydrogen-bond acceptors (Lipinski definition) is 2. The van der Waals surface area contributed by atoms with Crippen molar-refractivity contribution in [3.8, 4) is 0 Å². The van der Waals surface area contributed by atoms with Gasteiger partial charge in [-0.05, 0) is 43.9 Å². The van der Waals surface area contributed by atoms with Gasteiger partial charge in [0.1, 0.15) is 0 Å². The maximum Gasteiger partial charge on any atom is 0.315 e. The van der Waals surface area contributed by atoms with Gasteiger partial charge in [0.25, 0.3) is 5.56 Å². The number of aromatic amines is 1. The second kappa shape index (κ2) is 7.13. The van der Waals surface area contributed by atoms with Crippen molar-refractivity contribution >= 4 is 6.03 Å². The molecule has 3 N–H and O–H groups in total. The molecule has 1 fully saturated rings. The third kappa shape index (κ3) is 3.76. The smallest absolute Gasteiger partial charge is 0.315 e. The summed E-state index contributed by atoms with van der Waals surface area (Å²) in [4.78, 5) is 27.0. The van der Waals surface area contributed by atoms with Crippen LogP contribution in [0.3, 0.4) is 0 Å². The summed E-state index contributed by atoms with van der Waals surface area (Å²) in [5.74, 6) is 0. The Labute approximate surface area is 147 Å². The quantitative estimate of drug-likeness (QED) is 0.783. The molecule has 2 amide bonds. The molecular weight excluding hydrogens is 314 g/mol. The lowest BCUT2D eigenvalue weighted by Crippen LogP contribution is -2.48. The van der Waals surface area contributed by atoms with Crippen molar-refractivity contribution in [2.24, 2.45) is 0 Å². The Morgan fingerprint density at radius 3 is 2.48 bits per heavy atom. The Balaban J connectivity index is 1.58. The van der Waals surface area contributed by atoms with Crippen LogP contribution in [0.25, 0.3) is 0 Å². The largest absolute Gasteiger partial charge is 0.337 e. The topological polar surface area (TPSA) is 74.0 Å². The van der Waals surface area contributed by atoms with Crippen molar-refractivity contribution in [3.05, 3.63) is 69.1 Å². The fourth-order valence-corrected chi connectivity index (χ4v) is 3.54. The second-order valence-corrected chi connectivity index (χ2v) is 6.98. The predicted molar refractivity (Wildman–Crippen MR) is 98.7 cm³/mol. The highest BCUT2D eigenvalue weighted by atomic mass is 16.2. The van der Waals surface area contributed by atoms with Gasteiger partial charge in [0, 0.05) is 23.2 Å². The van der Waals surface area contributed by atoms with E-state index in [0.717, 1.165) is 24.1 Å². The summed E-state index contributed by atoms with van der Waals surface area (Å²) in [6, 6.07) is 12.0. The molecule has 0 spiro atoms. The lowest BCUT2D eigenvalue weighted by atomic mass is 9.64. The molecule has 0 atom stereocenters. The van der Waals surface area contributed by atoms with Crippen LogP contribution in [-0.4, -0.2) is 17.6 Å². The molecule has 0 radical (unpaired) electrons. The standard InChI is InChI=1S/C20H25N3O2/c1-14-11-15(2)23-18(24)17(14)12-21-19(25)22-13-20(9-6-10-20)16-7-4-3-5-8-16/h3-5,7-8,11H,6,9-10,12-13H2,1-2H3,(H,23,24)(H2,21,22,25). The number of aromatic nitrogens is 1. The first kappa shape index (κ1) is 17.3. The minimum atomic E-state index is -0.235. The van der Waals surface area contributed by atoms with Crippen molar-refractivity contribution in [3.63, 3.8) is 0 Å². The predicted octanol–water partition coefficient (Wildman–Crippen LogP) is 2.91. The fraction of sp³-hybridized carbons (Fsp3) is 0.400. The van der Waals surface area contributed by atoms with Gasteiger partial charge in [-0.15, -0.1) is 0 Å². The summed E-state index contributed by atoms with van der Waals surface area (Å²) in [6.45, 7) is 4.58. The monoisotopic (exact) mass is 339 g/mol. The maximum absolute atomic E-state index is 12.2. The van der Waals surface area contributed by atoms with Gasteiger partial charge in [0.05, 0.1) is 6.54 Å². The van der Waals surface area contributed by atoms with Gasteiger partial charge in [0.2, 0.25) is 0 Å². The van der Waals surface area contributed by atoms with Crippen molar-refractivity contribution in [1.82, 2.24) is 15.6 Å². The zero-order valence-electron chi connectivity index (χ0n) is 14.8. The number of benzene rings is 1. The molecule has 132 valence electrons. The number of rotatable bonds is 5. The molecule has 1 heterocycles. The molecule has 0 saturated heterocycles. The minimum Gasteiger partial charge on any atom is -0.337 e. The van der Waals surface area contributed by atoms with Crippen molar-refractivity contribution < 1.29 is 4.79 Å². The molecule has 5 nitrogen and oxygen atoms in total. The lowest BCUT2D eigenvalue weighted by molar-refractivity contribution is 0.214. The normalized spacial score (nSPS) is 15.3. The first-order valence-corrected chi connectivity index (χ1v) is 8.77. The third-order valence-electron chi connectivity index (χ3n) is 5.20. The molecule has 1 aromatic carbocycles. The molecule has 1 aliphatic carbocycles. The van der Waals surface area contributed by atoms with Crippen LogP contribution in [0.1, 0.15) is 41.6 Å². The summed E-state index contributed by atoms with van der Waals surface area (Å²) in [5.41, 5.74) is 3.51. The van der Waals surface area contributed by atoms with Gasteiger partial charge in [-0.3, -0.25) is 4.79 Å². The zero-order chi connectivity index (χ0) is 17.9. The van der Waals surface area contributed by atoms with Gasteiger partial charge in [-0.1, -0.05) is 36.8 Å². The first-order chi connectivity index (χ1) is 12.0. The molecule has 2 aromatic rings. The van der Waals surface area contributed by atoms with E-state index >= 15 is 0 Å². The molecule has 0 aliphatic heterocycles. The molecule has 3 rings (SSSR count). The van der Waals surface area contributed by atoms with Crippen LogP contribution < -0.4 is 16.2 Å². The van der Waals surface area contributed by atoms with E-state index in [-0.39, 0.29) is 23.6 Å². The third-order valence-corrected chi connectivity index (χ3v) is 5.20. The summed E-state index contributed by atoms with van der Waals surface area (Å²) < 4.78 is 0. The molecule has 0 unspecified atom stereocenters. The number of nitrogens with one attached hydrogen (secondary N) is 3. The van der Waals surface area contributed by atoms with Gasteiger partial charge in [0.15, 0.2) is 0 Å². The molecule has 1 aliphatic rings. The van der Waals surface area contributed by atoms with Gasteiger partial charge in [-0.2, -0.15) is 0 Å². The Morgan fingerprint density at radius 1 is 1.16 bits per heavy atom. The van der Waals surface area contributed by atoms with Gasteiger partial charge in [-0.25, -0.2) is 4.79 Å². The van der Waals surface area contributed by atoms with Crippen molar-refractivity contribution in [2.75, 3.05) is 6.54 Å². The summed E-state index contributed by atoms with van der Waals surface area (Å²) in [6.07, 6.45) is 3.37. The van der Waals surface area contributed by atoms with E-state index in [0.29, 0.717) is 12.1 Å². The van der Waals surface area contributed by atoms with E-state index in [9.17, 15) is 9.59 Å². The Hall–Kier alpha value is -2.56. The number of H-pyrrole nitrogens is 1. The number of carbonyl (C=O) groups excluding carboxylic acids is 1. The number of amides is 2. The average molecular weight is 339 g/mol. The molecule has 25 heavy (non-hydrogen) atoms. The van der Waals surface area contributed by atoms with Crippen LogP contribution in [0, 0.1) is 13.8 Å². The van der Waals surface area contributed by atoms with Crippen LogP contribution in [0.2, 0.25) is 0 Å². The molecular formula is C20H25N3O2. The number of aryl methyl sites for hydroxylation is 2. The van der Waals surface area contributed by atoms with E-state index < -0.39 is 0 Å². The van der Waals surface area contributed by atoms with Gasteiger partial charge >= 0.3 is 6.03 Å². The van der Waals surface area contributed by atoms with Crippen LogP contribution in [0.15, 0.2) is 41.2 Å². The highest BCUT2D eigenvalue weighted by Crippen LogP contribution is 2.43. The van der Waals surface area contributed by atoms with Crippen LogP contribution >= 0.6 is 0 Å². The van der Waals surface area contributed by atoms with E-state index in [2.05, 4.69) is 27.8 Å². The summed E-state index contributed by atoms with van der Waals surface area (Å²) >= 11 is 0. The number of carbonyl (C=O) groups is 1. The molecule has 5 heteroatoms. The van der Waals surface area contributed by atoms with E-state index in [4.69, 9.17) is 0 Å². The number of hydrogen-bond donors (Lipinski definition) is 3. The Morgan fingerprint density at radius 2 is 1.88 bits per heavy atom. The van der Waals surface area contributed by atoms with Crippen LogP contribution in [0.4, 0.5) is 4.79 Å². The lowest BCUT2D eigenvalue weighted by Gasteiger charge is -2.42. The van der Waals surface area contributed by atoms with E-state index in [1.165, 1.54) is 12.0 Å². The van der Waals surface area contributed by atoms with Crippen LogP contribution in [0.5, 0.6) is 0 Å². The number of pyridine rings is 1. The second-order valence-electron chi connectivity index (χ2n) is 6.98. The Kier molecular flexibility index (Phi) is 4.93. The van der Waals surface area contributed by atoms with Crippen LogP contribution in [-0.2, 0) is 12.0 Å². The van der Waals surface area contributed by atoms with E-state index in [1.54, 1.807) is 0 Å². The highest BCUT2D eigenvalue weighted by Gasteiger charge is 2.38. The van der Waals surface area contributed by atoms with Gasteiger partial charge < -0.3 is 15.6 Å². The summed E-state index contributed by atoms with van der Waals surface area (Å²) in [7, 11) is 0. The highest BCUT2D eigenvalue weighted by molar-refractivity contribution is 5.74. The molecule has 1 aromatic heterocycles. The zero-order valence-corrected chi connectivity index (χ0v) is 14.8. The van der Waals surface area contributed by atoms with E-state index in [1.807, 2.05) is 38.1 Å². The maximum atomic E-state index is 12.2. The Bertz CT molecular complexity index is 807. The molecule has 0 bridgehead atoms. The SMILES string of the molecule is Cc1cc(C)c(CNC(=O)NCC2(c3ccccc3)CCC2)c(=O)[nH]1.